The molecule has 2 rings (SSSR count). The Morgan fingerprint density at radius 1 is 1.12 bits per heavy atom. The Hall–Kier alpha value is -1.33. The number of alkyl halides is 3. The summed E-state index contributed by atoms with van der Waals surface area (Å²) in [4.78, 5) is 0. The first-order valence-corrected chi connectivity index (χ1v) is 4.95. The molecule has 1 aliphatic rings. The molecule has 0 fully saturated rings. The molecule has 0 amide bonds. The fourth-order valence-electron chi connectivity index (χ4n) is 2.04. The second-order valence-electron chi connectivity index (χ2n) is 3.68. The van der Waals surface area contributed by atoms with Crippen molar-refractivity contribution in [2.24, 2.45) is 0 Å². The van der Waals surface area contributed by atoms with Crippen LogP contribution in [0.1, 0.15) is 16.7 Å². The van der Waals surface area contributed by atoms with Crippen LogP contribution in [0.2, 0.25) is 0 Å². The van der Waals surface area contributed by atoms with Crippen LogP contribution in [-0.2, 0) is 21.4 Å². The molecule has 0 heterocycles. The molecule has 0 radical (unpaired) electrons. The maximum absolute atomic E-state index is 12.9. The average molecular weight is 244 g/mol. The van der Waals surface area contributed by atoms with Crippen molar-refractivity contribution in [1.82, 2.24) is 0 Å². The van der Waals surface area contributed by atoms with Gasteiger partial charge in [-0.2, -0.15) is 13.2 Å². The number of fused-ring (bicyclic) bond motifs is 1. The summed E-state index contributed by atoms with van der Waals surface area (Å²) < 4.78 is 49.0. The second kappa shape index (κ2) is 3.85. The predicted octanol–water partition coefficient (Wildman–Crippen LogP) is 3.18. The summed E-state index contributed by atoms with van der Waals surface area (Å²) in [6.07, 6.45) is -1.38. The molecule has 0 saturated heterocycles. The third-order valence-corrected chi connectivity index (χ3v) is 2.84. The molecule has 0 bridgehead atoms. The summed E-state index contributed by atoms with van der Waals surface area (Å²) in [5.41, 5.74) is -0.260. The SMILES string of the molecule is COC1(OC)C=Cc2cccc(C(F)(F)F)c21. The molecule has 0 N–H and O–H groups in total. The highest BCUT2D eigenvalue weighted by molar-refractivity contribution is 5.65. The lowest BCUT2D eigenvalue weighted by atomic mass is 9.98. The average Bonchev–Trinajstić information content (AvgIpc) is 2.67. The summed E-state index contributed by atoms with van der Waals surface area (Å²) in [5.74, 6) is -1.44. The highest BCUT2D eigenvalue weighted by atomic mass is 19.4. The van der Waals surface area contributed by atoms with Crippen LogP contribution in [-0.4, -0.2) is 14.2 Å². The Morgan fingerprint density at radius 3 is 2.29 bits per heavy atom. The number of halogens is 3. The zero-order valence-electron chi connectivity index (χ0n) is 9.34. The van der Waals surface area contributed by atoms with Crippen molar-refractivity contribution in [3.05, 3.63) is 41.0 Å². The summed E-state index contributed by atoms with van der Waals surface area (Å²) in [6.45, 7) is 0. The van der Waals surface area contributed by atoms with Crippen molar-refractivity contribution in [3.63, 3.8) is 0 Å². The fourth-order valence-corrected chi connectivity index (χ4v) is 2.04. The zero-order chi connectivity index (χ0) is 12.7. The largest absolute Gasteiger partial charge is 0.416 e. The number of rotatable bonds is 2. The van der Waals surface area contributed by atoms with Crippen LogP contribution >= 0.6 is 0 Å². The minimum atomic E-state index is -4.43. The first-order valence-electron chi connectivity index (χ1n) is 4.95. The van der Waals surface area contributed by atoms with E-state index in [4.69, 9.17) is 9.47 Å². The second-order valence-corrected chi connectivity index (χ2v) is 3.68. The lowest BCUT2D eigenvalue weighted by Crippen LogP contribution is -2.29. The lowest BCUT2D eigenvalue weighted by molar-refractivity contribution is -0.185. The van der Waals surface area contributed by atoms with E-state index in [1.54, 1.807) is 12.1 Å². The molecule has 0 aromatic heterocycles. The Kier molecular flexibility index (Phi) is 2.75. The number of hydrogen-bond acceptors (Lipinski definition) is 2. The van der Waals surface area contributed by atoms with Gasteiger partial charge in [-0.3, -0.25) is 0 Å². The van der Waals surface area contributed by atoms with Crippen LogP contribution in [0.25, 0.3) is 6.08 Å². The van der Waals surface area contributed by atoms with Crippen LogP contribution in [0.3, 0.4) is 0 Å². The third-order valence-electron chi connectivity index (χ3n) is 2.84. The number of benzene rings is 1. The third kappa shape index (κ3) is 1.75. The lowest BCUT2D eigenvalue weighted by Gasteiger charge is -2.28. The van der Waals surface area contributed by atoms with Gasteiger partial charge in [-0.25, -0.2) is 0 Å². The van der Waals surface area contributed by atoms with Gasteiger partial charge in [0.05, 0.1) is 5.56 Å². The van der Waals surface area contributed by atoms with Gasteiger partial charge in [-0.15, -0.1) is 0 Å². The Labute approximate surface area is 96.6 Å². The van der Waals surface area contributed by atoms with E-state index < -0.39 is 17.5 Å². The van der Waals surface area contributed by atoms with E-state index in [-0.39, 0.29) is 5.56 Å². The quantitative estimate of drug-likeness (QED) is 0.744. The molecular formula is C12H11F3O2. The minimum Gasteiger partial charge on any atom is -0.346 e. The molecule has 5 heteroatoms. The van der Waals surface area contributed by atoms with E-state index in [1.165, 1.54) is 26.4 Å². The van der Waals surface area contributed by atoms with Crippen molar-refractivity contribution in [1.29, 1.82) is 0 Å². The summed E-state index contributed by atoms with van der Waals surface area (Å²) in [5, 5.41) is 0. The van der Waals surface area contributed by atoms with Crippen LogP contribution in [0, 0.1) is 0 Å². The number of hydrogen-bond donors (Lipinski definition) is 0. The number of ether oxygens (including phenoxy) is 2. The Balaban J connectivity index is 2.67. The summed E-state index contributed by atoms with van der Waals surface area (Å²) in [7, 11) is 2.63. The van der Waals surface area contributed by atoms with E-state index >= 15 is 0 Å². The normalized spacial score (nSPS) is 17.2. The predicted molar refractivity (Wildman–Crippen MR) is 56.2 cm³/mol. The van der Waals surface area contributed by atoms with E-state index in [0.29, 0.717) is 5.56 Å². The molecule has 0 aliphatic heterocycles. The maximum Gasteiger partial charge on any atom is 0.416 e. The van der Waals surface area contributed by atoms with Gasteiger partial charge in [0.25, 0.3) is 0 Å². The van der Waals surface area contributed by atoms with Gasteiger partial charge in [0.1, 0.15) is 0 Å². The van der Waals surface area contributed by atoms with Crippen LogP contribution in [0.4, 0.5) is 13.2 Å². The molecular weight excluding hydrogens is 233 g/mol. The van der Waals surface area contributed by atoms with Crippen molar-refractivity contribution in [2.45, 2.75) is 12.0 Å². The Morgan fingerprint density at radius 2 is 1.76 bits per heavy atom. The molecule has 0 saturated carbocycles. The fraction of sp³-hybridized carbons (Fsp3) is 0.333. The van der Waals surface area contributed by atoms with Crippen LogP contribution in [0.15, 0.2) is 24.3 Å². The first kappa shape index (κ1) is 12.1. The highest BCUT2D eigenvalue weighted by Gasteiger charge is 2.44. The van der Waals surface area contributed by atoms with Gasteiger partial charge in [-0.05, 0) is 17.7 Å². The summed E-state index contributed by atoms with van der Waals surface area (Å²) >= 11 is 0. The summed E-state index contributed by atoms with van der Waals surface area (Å²) in [6, 6.07) is 3.99. The van der Waals surface area contributed by atoms with Crippen molar-refractivity contribution >= 4 is 6.08 Å². The van der Waals surface area contributed by atoms with Gasteiger partial charge in [0, 0.05) is 19.8 Å². The molecule has 92 valence electrons. The van der Waals surface area contributed by atoms with Gasteiger partial charge in [0.15, 0.2) is 0 Å². The molecule has 1 aromatic rings. The monoisotopic (exact) mass is 244 g/mol. The zero-order valence-corrected chi connectivity index (χ0v) is 9.34. The highest BCUT2D eigenvalue weighted by Crippen LogP contribution is 2.44. The molecule has 17 heavy (non-hydrogen) atoms. The molecule has 0 unspecified atom stereocenters. The number of methoxy groups -OCH3 is 2. The standard InChI is InChI=1S/C12H11F3O2/c1-16-11(17-2)7-6-8-4-3-5-9(10(8)11)12(13,14)15/h3-7H,1-2H3. The first-order chi connectivity index (χ1) is 7.94. The van der Waals surface area contributed by atoms with Gasteiger partial charge < -0.3 is 9.47 Å². The topological polar surface area (TPSA) is 18.5 Å². The van der Waals surface area contributed by atoms with Gasteiger partial charge >= 0.3 is 6.18 Å². The maximum atomic E-state index is 12.9. The van der Waals surface area contributed by atoms with Crippen molar-refractivity contribution in [2.75, 3.05) is 14.2 Å². The van der Waals surface area contributed by atoms with E-state index in [0.717, 1.165) is 6.07 Å². The van der Waals surface area contributed by atoms with E-state index in [2.05, 4.69) is 0 Å². The minimum absolute atomic E-state index is 0.0116. The van der Waals surface area contributed by atoms with Gasteiger partial charge in [-0.1, -0.05) is 18.2 Å². The molecule has 0 spiro atoms. The van der Waals surface area contributed by atoms with Gasteiger partial charge in [0.2, 0.25) is 5.79 Å². The van der Waals surface area contributed by atoms with Crippen LogP contribution < -0.4 is 0 Å². The van der Waals surface area contributed by atoms with Crippen molar-refractivity contribution in [3.8, 4) is 0 Å². The smallest absolute Gasteiger partial charge is 0.346 e. The van der Waals surface area contributed by atoms with E-state index in [9.17, 15) is 13.2 Å². The van der Waals surface area contributed by atoms with Crippen molar-refractivity contribution < 1.29 is 22.6 Å². The molecule has 1 aliphatic carbocycles. The molecule has 2 nitrogen and oxygen atoms in total. The van der Waals surface area contributed by atoms with E-state index in [1.807, 2.05) is 0 Å². The molecule has 0 atom stereocenters. The van der Waals surface area contributed by atoms with Crippen LogP contribution in [0.5, 0.6) is 0 Å². The Bertz CT molecular complexity index is 459. The molecule has 1 aromatic carbocycles.